The van der Waals surface area contributed by atoms with Crippen molar-refractivity contribution in [3.05, 3.63) is 26.8 Å². The van der Waals surface area contributed by atoms with Crippen LogP contribution in [-0.4, -0.2) is 15.0 Å². The Bertz CT molecular complexity index is 544. The summed E-state index contributed by atoms with van der Waals surface area (Å²) in [6.45, 7) is 3.82. The zero-order chi connectivity index (χ0) is 11.7. The number of H-pyrrole nitrogens is 1. The largest absolute Gasteiger partial charge is 0.383 e. The number of nitrogens with zero attached hydrogens (tertiary/aromatic N) is 2. The molecule has 0 aliphatic carbocycles. The molecule has 0 unspecified atom stereocenters. The third kappa shape index (κ3) is 1.83. The highest BCUT2D eigenvalue weighted by molar-refractivity contribution is 7.07. The Kier molecular flexibility index (Phi) is 2.74. The second-order valence-electron chi connectivity index (χ2n) is 3.74. The summed E-state index contributed by atoms with van der Waals surface area (Å²) >= 11 is 1.44. The molecule has 6 heteroatoms. The van der Waals surface area contributed by atoms with Crippen LogP contribution in [0.3, 0.4) is 0 Å². The summed E-state index contributed by atoms with van der Waals surface area (Å²) in [4.78, 5) is 22.7. The quantitative estimate of drug-likeness (QED) is 0.829. The second kappa shape index (κ2) is 4.05. The van der Waals surface area contributed by atoms with Gasteiger partial charge in [0.1, 0.15) is 11.5 Å². The Labute approximate surface area is 96.4 Å². The van der Waals surface area contributed by atoms with Crippen LogP contribution in [0.2, 0.25) is 0 Å². The fourth-order valence-electron chi connectivity index (χ4n) is 1.51. The van der Waals surface area contributed by atoms with Gasteiger partial charge < -0.3 is 10.7 Å². The van der Waals surface area contributed by atoms with Gasteiger partial charge in [-0.3, -0.25) is 4.79 Å². The van der Waals surface area contributed by atoms with E-state index >= 15 is 0 Å². The van der Waals surface area contributed by atoms with Gasteiger partial charge in [0, 0.05) is 5.38 Å². The Hall–Kier alpha value is -1.69. The van der Waals surface area contributed by atoms with Crippen LogP contribution >= 0.6 is 11.3 Å². The van der Waals surface area contributed by atoms with Crippen LogP contribution < -0.4 is 11.3 Å². The molecule has 0 aromatic carbocycles. The summed E-state index contributed by atoms with van der Waals surface area (Å²) in [6.07, 6.45) is 0. The molecule has 2 rings (SSSR count). The Morgan fingerprint density at radius 1 is 1.50 bits per heavy atom. The van der Waals surface area contributed by atoms with Crippen molar-refractivity contribution in [1.29, 1.82) is 0 Å². The first-order valence-corrected chi connectivity index (χ1v) is 5.82. The van der Waals surface area contributed by atoms with E-state index in [4.69, 9.17) is 5.73 Å². The number of aromatic nitrogens is 3. The average Bonchev–Trinajstić information content (AvgIpc) is 2.67. The maximum absolute atomic E-state index is 11.8. The maximum atomic E-state index is 11.8. The Morgan fingerprint density at radius 2 is 2.25 bits per heavy atom. The Balaban J connectivity index is 2.58. The first-order chi connectivity index (χ1) is 7.59. The fourth-order valence-corrected chi connectivity index (χ4v) is 2.05. The number of nitrogens with one attached hydrogen (secondary N) is 1. The van der Waals surface area contributed by atoms with Crippen molar-refractivity contribution in [1.82, 2.24) is 15.0 Å². The lowest BCUT2D eigenvalue weighted by Gasteiger charge is -2.07. The lowest BCUT2D eigenvalue weighted by Crippen LogP contribution is -2.19. The number of rotatable bonds is 2. The molecule has 2 aromatic rings. The van der Waals surface area contributed by atoms with Gasteiger partial charge >= 0.3 is 0 Å². The molecule has 0 aliphatic heterocycles. The lowest BCUT2D eigenvalue weighted by molar-refractivity contribution is 0.836. The van der Waals surface area contributed by atoms with Crippen molar-refractivity contribution in [3.63, 3.8) is 0 Å². The Morgan fingerprint density at radius 3 is 2.75 bits per heavy atom. The number of nitrogens with two attached hydrogens (primary N) is 1. The summed E-state index contributed by atoms with van der Waals surface area (Å²) < 4.78 is 0. The van der Waals surface area contributed by atoms with E-state index in [1.807, 2.05) is 19.2 Å². The first kappa shape index (κ1) is 10.8. The molecule has 3 N–H and O–H groups in total. The van der Waals surface area contributed by atoms with Crippen LogP contribution in [0.15, 0.2) is 15.7 Å². The summed E-state index contributed by atoms with van der Waals surface area (Å²) in [5, 5.41) is 1.81. The summed E-state index contributed by atoms with van der Waals surface area (Å²) in [6, 6.07) is 0. The topological polar surface area (TPSA) is 84.7 Å². The first-order valence-electron chi connectivity index (χ1n) is 4.88. The van der Waals surface area contributed by atoms with Crippen molar-refractivity contribution in [3.8, 4) is 11.5 Å². The lowest BCUT2D eigenvalue weighted by atomic mass is 10.1. The van der Waals surface area contributed by atoms with Gasteiger partial charge in [-0.15, -0.1) is 11.3 Å². The molecule has 0 atom stereocenters. The molecule has 5 nitrogen and oxygen atoms in total. The van der Waals surface area contributed by atoms with E-state index in [2.05, 4.69) is 15.0 Å². The second-order valence-corrected chi connectivity index (χ2v) is 4.46. The van der Waals surface area contributed by atoms with Crippen LogP contribution in [0.1, 0.15) is 25.3 Å². The van der Waals surface area contributed by atoms with Gasteiger partial charge in [-0.25, -0.2) is 9.97 Å². The predicted molar refractivity (Wildman–Crippen MR) is 64.5 cm³/mol. The molecule has 0 radical (unpaired) electrons. The molecule has 84 valence electrons. The SMILES string of the molecule is CC(C)c1c(N)nc(-c2cscn2)[nH]c1=O. The van der Waals surface area contributed by atoms with E-state index < -0.39 is 0 Å². The fraction of sp³-hybridized carbons (Fsp3) is 0.300. The van der Waals surface area contributed by atoms with E-state index in [1.54, 1.807) is 5.51 Å². The minimum atomic E-state index is -0.189. The highest BCUT2D eigenvalue weighted by Crippen LogP contribution is 2.19. The molecule has 0 saturated heterocycles. The van der Waals surface area contributed by atoms with Crippen LogP contribution in [0.25, 0.3) is 11.5 Å². The zero-order valence-corrected chi connectivity index (χ0v) is 9.84. The number of nitrogen functional groups attached to an aromatic ring is 1. The van der Waals surface area contributed by atoms with Gasteiger partial charge in [0.05, 0.1) is 11.1 Å². The van der Waals surface area contributed by atoms with E-state index in [0.717, 1.165) is 0 Å². The van der Waals surface area contributed by atoms with E-state index in [0.29, 0.717) is 17.1 Å². The molecule has 2 heterocycles. The van der Waals surface area contributed by atoms with E-state index in [1.165, 1.54) is 11.3 Å². The molecular formula is C10H12N4OS. The summed E-state index contributed by atoms with van der Waals surface area (Å²) in [5.74, 6) is 0.760. The van der Waals surface area contributed by atoms with Gasteiger partial charge in [-0.1, -0.05) is 13.8 Å². The van der Waals surface area contributed by atoms with Crippen LogP contribution in [0.5, 0.6) is 0 Å². The molecule has 0 saturated carbocycles. The number of thiazole rings is 1. The van der Waals surface area contributed by atoms with Crippen LogP contribution in [-0.2, 0) is 0 Å². The van der Waals surface area contributed by atoms with Crippen molar-refractivity contribution in [2.75, 3.05) is 5.73 Å². The third-order valence-corrected chi connectivity index (χ3v) is 2.82. The highest BCUT2D eigenvalue weighted by atomic mass is 32.1. The number of hydrogen-bond donors (Lipinski definition) is 2. The van der Waals surface area contributed by atoms with Crippen molar-refractivity contribution >= 4 is 17.2 Å². The zero-order valence-electron chi connectivity index (χ0n) is 9.02. The smallest absolute Gasteiger partial charge is 0.256 e. The molecule has 2 aromatic heterocycles. The highest BCUT2D eigenvalue weighted by Gasteiger charge is 2.13. The van der Waals surface area contributed by atoms with Crippen molar-refractivity contribution in [2.45, 2.75) is 19.8 Å². The van der Waals surface area contributed by atoms with Crippen LogP contribution in [0.4, 0.5) is 5.82 Å². The van der Waals surface area contributed by atoms with Crippen molar-refractivity contribution < 1.29 is 0 Å². The third-order valence-electron chi connectivity index (χ3n) is 2.24. The molecule has 0 fully saturated rings. The molecule has 16 heavy (non-hydrogen) atoms. The summed E-state index contributed by atoms with van der Waals surface area (Å²) in [7, 11) is 0. The van der Waals surface area contributed by atoms with Crippen molar-refractivity contribution in [2.24, 2.45) is 0 Å². The van der Waals surface area contributed by atoms with Gasteiger partial charge in [0.2, 0.25) is 0 Å². The van der Waals surface area contributed by atoms with E-state index in [-0.39, 0.29) is 17.3 Å². The molecule has 0 bridgehead atoms. The van der Waals surface area contributed by atoms with Crippen LogP contribution in [0, 0.1) is 0 Å². The van der Waals surface area contributed by atoms with Gasteiger partial charge in [0.25, 0.3) is 5.56 Å². The molecular weight excluding hydrogens is 224 g/mol. The molecule has 0 spiro atoms. The minimum Gasteiger partial charge on any atom is -0.383 e. The molecule has 0 amide bonds. The van der Waals surface area contributed by atoms with Gasteiger partial charge in [0.15, 0.2) is 5.82 Å². The van der Waals surface area contributed by atoms with Gasteiger partial charge in [-0.2, -0.15) is 0 Å². The monoisotopic (exact) mass is 236 g/mol. The van der Waals surface area contributed by atoms with Gasteiger partial charge in [-0.05, 0) is 5.92 Å². The number of anilines is 1. The normalized spacial score (nSPS) is 10.9. The maximum Gasteiger partial charge on any atom is 0.256 e. The molecule has 0 aliphatic rings. The van der Waals surface area contributed by atoms with E-state index in [9.17, 15) is 4.79 Å². The standard InChI is InChI=1S/C10H12N4OS/c1-5(2)7-8(11)13-9(14-10(7)15)6-3-16-4-12-6/h3-5H,1-2H3,(H3,11,13,14,15). The number of aromatic amines is 1. The average molecular weight is 236 g/mol. The predicted octanol–water partition coefficient (Wildman–Crippen LogP) is 1.60. The number of hydrogen-bond acceptors (Lipinski definition) is 5. The minimum absolute atomic E-state index is 0.0562. The summed E-state index contributed by atoms with van der Waals surface area (Å²) in [5.41, 5.74) is 8.44.